The van der Waals surface area contributed by atoms with Crippen LogP contribution in [0.15, 0.2) is 42.5 Å². The summed E-state index contributed by atoms with van der Waals surface area (Å²) in [6, 6.07) is 13.4. The van der Waals surface area contributed by atoms with Crippen molar-refractivity contribution in [1.82, 2.24) is 10.6 Å². The molecule has 0 saturated heterocycles. The Morgan fingerprint density at radius 3 is 1.78 bits per heavy atom. The van der Waals surface area contributed by atoms with Crippen LogP contribution in [0, 0.1) is 24.7 Å². The van der Waals surface area contributed by atoms with Gasteiger partial charge in [-0.05, 0) is 89.0 Å². The molecule has 3 rings (SSSR count). The number of phenolic OH excluding ortho intramolecular Hbond substituents is 1. The summed E-state index contributed by atoms with van der Waals surface area (Å²) in [5.74, 6) is 1.46. The lowest BCUT2D eigenvalue weighted by atomic mass is 9.84. The van der Waals surface area contributed by atoms with E-state index >= 15 is 0 Å². The topological polar surface area (TPSA) is 125 Å². The lowest BCUT2D eigenvalue weighted by Crippen LogP contribution is -2.45. The number of aliphatic hydroxyl groups is 1. The minimum atomic E-state index is -1.12. The molecule has 2 amide bonds. The number of hydrogen-bond acceptors (Lipinski definition) is 6. The number of para-hydroxylation sites is 1. The summed E-state index contributed by atoms with van der Waals surface area (Å²) in [5.41, 5.74) is 2.53. The van der Waals surface area contributed by atoms with Crippen LogP contribution < -0.4 is 15.4 Å². The summed E-state index contributed by atoms with van der Waals surface area (Å²) < 4.78 is 6.24. The standard InChI is InChI=1S/C23H36N2O4.C11H22O.C7H8O.5C2H6/c1-5-8-19-13-12-18-10-6-9-17(21(18)29-19)11-7-14-24-20(26)15-25-22(27)16(2)23(3,4)28;1-5-7-11(8-6-2)9(3)10(4)12;1-6-2-4-7(8)5-3-6;5*1-2/h6,9-10,16,19,28H,5,7-8,11-15H2,1-4H3,(H,24,26)(H,25,27);9,11H,5-8H2,1-4H3;2-5,8H,1H3;5*1-2H3. The largest absolute Gasteiger partial charge is 0.508 e. The van der Waals surface area contributed by atoms with E-state index in [4.69, 9.17) is 9.84 Å². The molecule has 0 aliphatic carbocycles. The van der Waals surface area contributed by atoms with Crippen LogP contribution in [0.25, 0.3) is 0 Å². The fraction of sp³-hybridized carbons (Fsp3) is 0.706. The van der Waals surface area contributed by atoms with Gasteiger partial charge >= 0.3 is 0 Å². The van der Waals surface area contributed by atoms with Crippen LogP contribution in [0.1, 0.15) is 193 Å². The minimum absolute atomic E-state index is 0.0816. The number of aryl methyl sites for hydroxylation is 3. The van der Waals surface area contributed by atoms with Crippen LogP contribution in [0.3, 0.4) is 0 Å². The summed E-state index contributed by atoms with van der Waals surface area (Å²) in [5, 5.41) is 24.0. The molecular weight excluding hydrogens is 737 g/mol. The Balaban J connectivity index is -0.000000266. The number of carbonyl (C=O) groups excluding carboxylic acids is 3. The number of fused-ring (bicyclic) bond motifs is 1. The van der Waals surface area contributed by atoms with E-state index in [0.717, 1.165) is 44.3 Å². The number of rotatable bonds is 16. The van der Waals surface area contributed by atoms with Crippen molar-refractivity contribution < 1.29 is 29.3 Å². The van der Waals surface area contributed by atoms with Crippen LogP contribution in [-0.4, -0.2) is 52.6 Å². The lowest BCUT2D eigenvalue weighted by Gasteiger charge is -2.28. The molecule has 8 heteroatoms. The molecule has 59 heavy (non-hydrogen) atoms. The quantitative estimate of drug-likeness (QED) is 0.125. The van der Waals surface area contributed by atoms with Gasteiger partial charge in [-0.15, -0.1) is 0 Å². The first kappa shape index (κ1) is 64.7. The summed E-state index contributed by atoms with van der Waals surface area (Å²) in [7, 11) is 0. The van der Waals surface area contributed by atoms with Gasteiger partial charge in [0.15, 0.2) is 0 Å². The normalized spacial score (nSPS) is 12.9. The molecule has 2 aromatic carbocycles. The second-order valence-corrected chi connectivity index (χ2v) is 14.1. The Morgan fingerprint density at radius 1 is 0.814 bits per heavy atom. The summed E-state index contributed by atoms with van der Waals surface area (Å²) in [6.45, 7) is 37.6. The molecule has 0 radical (unpaired) electrons. The molecule has 0 saturated carbocycles. The SMILES string of the molecule is CC.CC.CC.CC.CC.CCCC(CCC)C(C)C(C)=O.CCCC1CCc2cccc(CCCNC(=O)CNC(=O)C(C)C(C)(C)O)c2O1.Cc1ccc(O)cc1. The molecule has 0 aromatic heterocycles. The van der Waals surface area contributed by atoms with Crippen LogP contribution in [0.4, 0.5) is 0 Å². The number of benzene rings is 2. The van der Waals surface area contributed by atoms with E-state index < -0.39 is 11.5 Å². The number of phenols is 1. The maximum atomic E-state index is 12.0. The maximum Gasteiger partial charge on any atom is 0.239 e. The molecule has 1 aliphatic rings. The third-order valence-electron chi connectivity index (χ3n) is 9.33. The number of nitrogens with one attached hydrogen (secondary N) is 2. The summed E-state index contributed by atoms with van der Waals surface area (Å²) >= 11 is 0. The number of carbonyl (C=O) groups is 3. The Kier molecular flexibility index (Phi) is 46.9. The summed E-state index contributed by atoms with van der Waals surface area (Å²) in [6.07, 6.45) is 11.1. The van der Waals surface area contributed by atoms with Gasteiger partial charge < -0.3 is 25.6 Å². The van der Waals surface area contributed by atoms with E-state index in [1.807, 2.05) is 88.3 Å². The van der Waals surface area contributed by atoms with Crippen molar-refractivity contribution in [3.8, 4) is 11.5 Å². The molecule has 8 nitrogen and oxygen atoms in total. The molecular formula is C51H96N2O6. The van der Waals surface area contributed by atoms with Gasteiger partial charge in [0.05, 0.1) is 24.2 Å². The molecule has 0 spiro atoms. The minimum Gasteiger partial charge on any atom is -0.508 e. The number of amides is 2. The lowest BCUT2D eigenvalue weighted by molar-refractivity contribution is -0.133. The van der Waals surface area contributed by atoms with Crippen LogP contribution >= 0.6 is 0 Å². The number of Topliss-reactive ketones (excluding diaryl/α,β-unsaturated/α-hetero) is 1. The van der Waals surface area contributed by atoms with Gasteiger partial charge in [-0.1, -0.05) is 172 Å². The van der Waals surface area contributed by atoms with E-state index in [9.17, 15) is 19.5 Å². The van der Waals surface area contributed by atoms with Gasteiger partial charge in [0.2, 0.25) is 11.8 Å². The van der Waals surface area contributed by atoms with Gasteiger partial charge in [0, 0.05) is 12.5 Å². The number of ether oxygens (including phenoxy) is 1. The first-order valence-corrected chi connectivity index (χ1v) is 23.4. The second kappa shape index (κ2) is 42.7. The molecule has 0 fully saturated rings. The van der Waals surface area contributed by atoms with E-state index in [0.29, 0.717) is 30.1 Å². The zero-order valence-electron chi connectivity index (χ0n) is 41.9. The Hall–Kier alpha value is -3.39. The highest BCUT2D eigenvalue weighted by molar-refractivity contribution is 5.86. The van der Waals surface area contributed by atoms with Gasteiger partial charge in [-0.2, -0.15) is 0 Å². The van der Waals surface area contributed by atoms with Crippen molar-refractivity contribution in [3.63, 3.8) is 0 Å². The van der Waals surface area contributed by atoms with E-state index in [1.165, 1.54) is 42.4 Å². The van der Waals surface area contributed by atoms with E-state index in [1.54, 1.807) is 39.8 Å². The molecule has 1 aliphatic heterocycles. The van der Waals surface area contributed by atoms with Gasteiger partial charge in [0.1, 0.15) is 17.3 Å². The molecule has 1 heterocycles. The molecule has 346 valence electrons. The third kappa shape index (κ3) is 32.1. The monoisotopic (exact) mass is 833 g/mol. The Labute approximate surface area is 365 Å². The van der Waals surface area contributed by atoms with Crippen molar-refractivity contribution in [2.24, 2.45) is 17.8 Å². The molecule has 2 aromatic rings. The number of ketones is 1. The maximum absolute atomic E-state index is 12.0. The highest BCUT2D eigenvalue weighted by atomic mass is 16.5. The van der Waals surface area contributed by atoms with Crippen LogP contribution in [0.5, 0.6) is 11.5 Å². The highest BCUT2D eigenvalue weighted by Crippen LogP contribution is 2.33. The van der Waals surface area contributed by atoms with Gasteiger partial charge in [-0.25, -0.2) is 0 Å². The summed E-state index contributed by atoms with van der Waals surface area (Å²) in [4.78, 5) is 35.1. The highest BCUT2D eigenvalue weighted by Gasteiger charge is 2.29. The first-order valence-electron chi connectivity index (χ1n) is 23.4. The van der Waals surface area contributed by atoms with E-state index in [-0.39, 0.29) is 24.3 Å². The molecule has 3 atom stereocenters. The van der Waals surface area contributed by atoms with Crippen LogP contribution in [-0.2, 0) is 27.2 Å². The second-order valence-electron chi connectivity index (χ2n) is 14.1. The first-order chi connectivity index (χ1) is 28.1. The van der Waals surface area contributed by atoms with Crippen molar-refractivity contribution in [3.05, 3.63) is 59.2 Å². The smallest absolute Gasteiger partial charge is 0.239 e. The van der Waals surface area contributed by atoms with Crippen molar-refractivity contribution in [2.75, 3.05) is 13.1 Å². The zero-order valence-corrected chi connectivity index (χ0v) is 41.9. The van der Waals surface area contributed by atoms with Crippen LogP contribution in [0.2, 0.25) is 0 Å². The predicted octanol–water partition coefficient (Wildman–Crippen LogP) is 13.0. The number of hydrogen-bond donors (Lipinski definition) is 4. The number of aromatic hydroxyl groups is 1. The third-order valence-corrected chi connectivity index (χ3v) is 9.33. The fourth-order valence-corrected chi connectivity index (χ4v) is 5.72. The molecule has 4 N–H and O–H groups in total. The van der Waals surface area contributed by atoms with Crippen molar-refractivity contribution >= 4 is 17.6 Å². The van der Waals surface area contributed by atoms with Gasteiger partial charge in [0.25, 0.3) is 0 Å². The average Bonchev–Trinajstić information content (AvgIpc) is 3.25. The van der Waals surface area contributed by atoms with Gasteiger partial charge in [-0.3, -0.25) is 14.4 Å². The van der Waals surface area contributed by atoms with E-state index in [2.05, 4.69) is 56.5 Å². The Bertz CT molecular complexity index is 1230. The Morgan fingerprint density at radius 2 is 1.34 bits per heavy atom. The zero-order chi connectivity index (χ0) is 47.0. The average molecular weight is 833 g/mol. The fourth-order valence-electron chi connectivity index (χ4n) is 5.72. The van der Waals surface area contributed by atoms with Crippen molar-refractivity contribution in [1.29, 1.82) is 0 Å². The van der Waals surface area contributed by atoms with Crippen molar-refractivity contribution in [2.45, 2.75) is 207 Å². The predicted molar refractivity (Wildman–Crippen MR) is 257 cm³/mol. The molecule has 0 bridgehead atoms. The molecule has 3 unspecified atom stereocenters.